The number of nitrogens with zero attached hydrogens (tertiary/aromatic N) is 9. The van der Waals surface area contributed by atoms with Gasteiger partial charge < -0.3 is 10.3 Å². The summed E-state index contributed by atoms with van der Waals surface area (Å²) >= 11 is 1.63. The number of thiazole rings is 1. The molecule has 1 aliphatic heterocycles. The lowest BCUT2D eigenvalue weighted by molar-refractivity contribution is 0.243. The fourth-order valence-corrected chi connectivity index (χ4v) is 4.79. The standard InChI is InChI=1S/C22H20N10S/c1-2-3-17-27-20-18-19(28-22(23)32(20)29-17)31(13-26-18)8-7-30-6-4-16-15(12-30)10-14(11-25-16)21-24-5-9-33-21/h5,9-11,13H,4,6-8,12H2,1H3,(H2,23,28). The van der Waals surface area contributed by atoms with Crippen LogP contribution in [0.4, 0.5) is 5.95 Å². The Balaban J connectivity index is 1.23. The molecule has 10 nitrogen and oxygen atoms in total. The molecule has 2 N–H and O–H groups in total. The lowest BCUT2D eigenvalue weighted by Gasteiger charge is -2.28. The van der Waals surface area contributed by atoms with Gasteiger partial charge >= 0.3 is 0 Å². The van der Waals surface area contributed by atoms with Crippen molar-refractivity contribution in [3.8, 4) is 22.4 Å². The molecule has 33 heavy (non-hydrogen) atoms. The minimum Gasteiger partial charge on any atom is -0.368 e. The van der Waals surface area contributed by atoms with Crippen molar-refractivity contribution in [1.82, 2.24) is 44.0 Å². The lowest BCUT2D eigenvalue weighted by atomic mass is 10.0. The van der Waals surface area contributed by atoms with Crippen molar-refractivity contribution in [2.75, 3.05) is 18.8 Å². The Labute approximate surface area is 193 Å². The van der Waals surface area contributed by atoms with Gasteiger partial charge in [-0.2, -0.15) is 14.5 Å². The fraction of sp³-hybridized carbons (Fsp3) is 0.273. The minimum absolute atomic E-state index is 0.267. The van der Waals surface area contributed by atoms with Gasteiger partial charge in [0.05, 0.1) is 6.33 Å². The van der Waals surface area contributed by atoms with E-state index in [1.807, 2.05) is 22.3 Å². The van der Waals surface area contributed by atoms with E-state index >= 15 is 0 Å². The first kappa shape index (κ1) is 19.8. The predicted molar refractivity (Wildman–Crippen MR) is 125 cm³/mol. The third-order valence-corrected chi connectivity index (χ3v) is 6.58. The summed E-state index contributed by atoms with van der Waals surface area (Å²) in [5, 5.41) is 7.30. The molecule has 0 spiro atoms. The molecule has 164 valence electrons. The molecule has 0 fully saturated rings. The van der Waals surface area contributed by atoms with Crippen molar-refractivity contribution in [1.29, 1.82) is 0 Å². The van der Waals surface area contributed by atoms with Gasteiger partial charge in [-0.1, -0.05) is 5.92 Å². The van der Waals surface area contributed by atoms with Crippen LogP contribution < -0.4 is 5.73 Å². The summed E-state index contributed by atoms with van der Waals surface area (Å²) in [5.74, 6) is 6.34. The van der Waals surface area contributed by atoms with Crippen molar-refractivity contribution < 1.29 is 0 Å². The molecule has 1 aliphatic rings. The normalized spacial score (nSPS) is 13.8. The van der Waals surface area contributed by atoms with Gasteiger partial charge in [0.25, 0.3) is 0 Å². The largest absolute Gasteiger partial charge is 0.368 e. The zero-order valence-electron chi connectivity index (χ0n) is 17.9. The number of nitrogen functional groups attached to an aromatic ring is 1. The van der Waals surface area contributed by atoms with Crippen LogP contribution in [-0.4, -0.2) is 57.1 Å². The number of fused-ring (bicyclic) bond motifs is 4. The Hall–Kier alpha value is -3.88. The van der Waals surface area contributed by atoms with E-state index in [1.165, 1.54) is 15.8 Å². The van der Waals surface area contributed by atoms with E-state index in [0.717, 1.165) is 43.2 Å². The highest BCUT2D eigenvalue weighted by Gasteiger charge is 2.20. The highest BCUT2D eigenvalue weighted by atomic mass is 32.1. The Morgan fingerprint density at radius 3 is 2.94 bits per heavy atom. The maximum Gasteiger partial charge on any atom is 0.226 e. The molecular weight excluding hydrogens is 436 g/mol. The van der Waals surface area contributed by atoms with Gasteiger partial charge in [-0.3, -0.25) is 9.88 Å². The van der Waals surface area contributed by atoms with Crippen LogP contribution in [0.1, 0.15) is 24.0 Å². The summed E-state index contributed by atoms with van der Waals surface area (Å²) < 4.78 is 3.51. The van der Waals surface area contributed by atoms with Crippen molar-refractivity contribution in [3.05, 3.63) is 47.2 Å². The molecule has 0 amide bonds. The fourth-order valence-electron chi connectivity index (χ4n) is 4.17. The number of pyridine rings is 1. The maximum absolute atomic E-state index is 6.14. The summed E-state index contributed by atoms with van der Waals surface area (Å²) in [6.45, 7) is 5.16. The van der Waals surface area contributed by atoms with E-state index < -0.39 is 0 Å². The molecule has 0 atom stereocenters. The van der Waals surface area contributed by atoms with Crippen LogP contribution in [0.2, 0.25) is 0 Å². The number of rotatable bonds is 4. The number of aromatic nitrogens is 8. The summed E-state index contributed by atoms with van der Waals surface area (Å²) in [7, 11) is 0. The Morgan fingerprint density at radius 1 is 1.15 bits per heavy atom. The summed E-state index contributed by atoms with van der Waals surface area (Å²) in [6, 6.07) is 2.22. The molecule has 0 saturated heterocycles. The molecule has 0 saturated carbocycles. The molecular formula is C22H20N10S. The summed E-state index contributed by atoms with van der Waals surface area (Å²) in [6.07, 6.45) is 6.49. The highest BCUT2D eigenvalue weighted by Crippen LogP contribution is 2.26. The highest BCUT2D eigenvalue weighted by molar-refractivity contribution is 7.13. The van der Waals surface area contributed by atoms with Crippen LogP contribution in [0, 0.1) is 11.8 Å². The average Bonchev–Trinajstić information content (AvgIpc) is 3.57. The van der Waals surface area contributed by atoms with Gasteiger partial charge in [-0.15, -0.1) is 16.4 Å². The molecule has 0 unspecified atom stereocenters. The van der Waals surface area contributed by atoms with E-state index in [-0.39, 0.29) is 5.95 Å². The van der Waals surface area contributed by atoms with Crippen LogP contribution in [0.5, 0.6) is 0 Å². The van der Waals surface area contributed by atoms with Crippen molar-refractivity contribution in [2.45, 2.75) is 26.4 Å². The Bertz CT molecular complexity index is 1540. The summed E-state index contributed by atoms with van der Waals surface area (Å²) in [4.78, 5) is 25.1. The van der Waals surface area contributed by atoms with E-state index in [9.17, 15) is 0 Å². The Kier molecular flexibility index (Phi) is 4.74. The van der Waals surface area contributed by atoms with Gasteiger partial charge in [-0.05, 0) is 24.5 Å². The monoisotopic (exact) mass is 456 g/mol. The quantitative estimate of drug-likeness (QED) is 0.408. The first-order valence-electron chi connectivity index (χ1n) is 10.6. The second kappa shape index (κ2) is 7.91. The van der Waals surface area contributed by atoms with Crippen LogP contribution >= 0.6 is 11.3 Å². The number of nitrogens with two attached hydrogens (primary N) is 1. The number of imidazole rings is 1. The first-order chi connectivity index (χ1) is 16.2. The lowest BCUT2D eigenvalue weighted by Crippen LogP contribution is -2.33. The third kappa shape index (κ3) is 3.49. The molecule has 0 radical (unpaired) electrons. The molecule has 0 aromatic carbocycles. The van der Waals surface area contributed by atoms with Crippen LogP contribution in [-0.2, 0) is 19.5 Å². The minimum atomic E-state index is 0.267. The Morgan fingerprint density at radius 2 is 2.09 bits per heavy atom. The van der Waals surface area contributed by atoms with Gasteiger partial charge in [0.2, 0.25) is 11.8 Å². The molecule has 5 aromatic rings. The smallest absolute Gasteiger partial charge is 0.226 e. The van der Waals surface area contributed by atoms with Crippen molar-refractivity contribution >= 4 is 34.1 Å². The van der Waals surface area contributed by atoms with Crippen LogP contribution in [0.3, 0.4) is 0 Å². The zero-order valence-corrected chi connectivity index (χ0v) is 18.7. The van der Waals surface area contributed by atoms with E-state index in [1.54, 1.807) is 24.6 Å². The van der Waals surface area contributed by atoms with Gasteiger partial charge in [0.1, 0.15) is 5.01 Å². The number of anilines is 1. The van der Waals surface area contributed by atoms with Crippen LogP contribution in [0.25, 0.3) is 27.4 Å². The molecule has 0 bridgehead atoms. The molecule has 11 heteroatoms. The molecule has 0 aliphatic carbocycles. The van der Waals surface area contributed by atoms with Gasteiger partial charge in [0, 0.05) is 61.6 Å². The third-order valence-electron chi connectivity index (χ3n) is 5.76. The first-order valence-corrected chi connectivity index (χ1v) is 11.5. The van der Waals surface area contributed by atoms with Gasteiger partial charge in [-0.25, -0.2) is 9.97 Å². The molecule has 5 aromatic heterocycles. The second-order valence-corrected chi connectivity index (χ2v) is 8.71. The van der Waals surface area contributed by atoms with Crippen LogP contribution in [0.15, 0.2) is 30.2 Å². The maximum atomic E-state index is 6.14. The molecule has 6 rings (SSSR count). The SMILES string of the molecule is CC#Cc1nc2c3ncn(CCN4CCc5ncc(-c6nccs6)cc5C4)c3nc(N)n2n1. The average molecular weight is 457 g/mol. The number of hydrogen-bond donors (Lipinski definition) is 1. The predicted octanol–water partition coefficient (Wildman–Crippen LogP) is 2.00. The van der Waals surface area contributed by atoms with Gasteiger partial charge in [0.15, 0.2) is 16.8 Å². The zero-order chi connectivity index (χ0) is 22.4. The van der Waals surface area contributed by atoms with E-state index in [0.29, 0.717) is 22.6 Å². The molecule has 6 heterocycles. The number of hydrogen-bond acceptors (Lipinski definition) is 9. The second-order valence-electron chi connectivity index (χ2n) is 7.82. The van der Waals surface area contributed by atoms with E-state index in [4.69, 9.17) is 10.7 Å². The van der Waals surface area contributed by atoms with E-state index in [2.05, 4.69) is 47.8 Å². The topological polar surface area (TPSA) is 116 Å². The van der Waals surface area contributed by atoms with Crippen molar-refractivity contribution in [2.24, 2.45) is 0 Å². The van der Waals surface area contributed by atoms with Crippen molar-refractivity contribution in [3.63, 3.8) is 0 Å². The summed E-state index contributed by atoms with van der Waals surface area (Å²) in [5.41, 5.74) is 11.6.